The van der Waals surface area contributed by atoms with E-state index < -0.39 is 11.9 Å². The van der Waals surface area contributed by atoms with Crippen LogP contribution in [-0.4, -0.2) is 22.2 Å². The van der Waals surface area contributed by atoms with Crippen molar-refractivity contribution in [2.24, 2.45) is 0 Å². The van der Waals surface area contributed by atoms with Gasteiger partial charge in [0.2, 0.25) is 0 Å². The molecule has 0 saturated heterocycles. The summed E-state index contributed by atoms with van der Waals surface area (Å²) in [4.78, 5) is 23.7. The predicted octanol–water partition coefficient (Wildman–Crippen LogP) is 6.75. The van der Waals surface area contributed by atoms with Crippen LogP contribution >= 0.6 is 0 Å². The number of carboxylic acids is 2. The molecule has 29 heavy (non-hydrogen) atoms. The molecule has 2 aromatic carbocycles. The van der Waals surface area contributed by atoms with Gasteiger partial charge in [0.05, 0.1) is 11.1 Å². The van der Waals surface area contributed by atoms with Crippen molar-refractivity contribution in [2.75, 3.05) is 0 Å². The van der Waals surface area contributed by atoms with Crippen molar-refractivity contribution in [3.8, 4) is 0 Å². The molecule has 0 aliphatic rings. The molecule has 0 radical (unpaired) electrons. The lowest BCUT2D eigenvalue weighted by Gasteiger charge is -2.22. The Balaban J connectivity index is 2.20. The first-order valence-electron chi connectivity index (χ1n) is 10.7. The summed E-state index contributed by atoms with van der Waals surface area (Å²) in [5, 5.41) is 19.4. The fourth-order valence-electron chi connectivity index (χ4n) is 3.96. The SMILES string of the molecule is CCCCCCCCCCC(c1ccccc1)c1c(C(=O)O)cccc1C(=O)O. The Labute approximate surface area is 173 Å². The van der Waals surface area contributed by atoms with E-state index >= 15 is 0 Å². The zero-order valence-electron chi connectivity index (χ0n) is 17.3. The fraction of sp³-hybridized carbons (Fsp3) is 0.440. The quantitative estimate of drug-likeness (QED) is 0.367. The second kappa shape index (κ2) is 12.1. The van der Waals surface area contributed by atoms with Gasteiger partial charge in [0.1, 0.15) is 0 Å². The molecule has 0 aliphatic heterocycles. The van der Waals surface area contributed by atoms with E-state index in [0.29, 0.717) is 5.56 Å². The smallest absolute Gasteiger partial charge is 0.336 e. The molecule has 0 heterocycles. The van der Waals surface area contributed by atoms with E-state index in [4.69, 9.17) is 0 Å². The second-order valence-corrected chi connectivity index (χ2v) is 7.60. The van der Waals surface area contributed by atoms with Gasteiger partial charge in [-0.3, -0.25) is 0 Å². The van der Waals surface area contributed by atoms with Crippen molar-refractivity contribution in [1.82, 2.24) is 0 Å². The third-order valence-electron chi connectivity index (χ3n) is 5.46. The molecule has 0 aromatic heterocycles. The lowest BCUT2D eigenvalue weighted by atomic mass is 9.81. The van der Waals surface area contributed by atoms with E-state index in [0.717, 1.165) is 31.2 Å². The van der Waals surface area contributed by atoms with E-state index in [1.54, 1.807) is 0 Å². The first-order valence-corrected chi connectivity index (χ1v) is 10.7. The topological polar surface area (TPSA) is 74.6 Å². The Kier molecular flexibility index (Phi) is 9.42. The average molecular weight is 397 g/mol. The molecule has 2 rings (SSSR count). The average Bonchev–Trinajstić information content (AvgIpc) is 2.73. The van der Waals surface area contributed by atoms with Gasteiger partial charge in [-0.1, -0.05) is 94.7 Å². The van der Waals surface area contributed by atoms with Crippen molar-refractivity contribution >= 4 is 11.9 Å². The Morgan fingerprint density at radius 2 is 1.24 bits per heavy atom. The molecule has 0 fully saturated rings. The van der Waals surface area contributed by atoms with Crippen LogP contribution in [0, 0.1) is 0 Å². The van der Waals surface area contributed by atoms with E-state index in [1.807, 2.05) is 30.3 Å². The Morgan fingerprint density at radius 1 is 0.724 bits per heavy atom. The first kappa shape index (κ1) is 22.7. The van der Waals surface area contributed by atoms with Gasteiger partial charge < -0.3 is 10.2 Å². The largest absolute Gasteiger partial charge is 0.478 e. The number of hydrogen-bond donors (Lipinski definition) is 2. The van der Waals surface area contributed by atoms with E-state index in [2.05, 4.69) is 6.92 Å². The molecular formula is C25H32O4. The molecular weight excluding hydrogens is 364 g/mol. The van der Waals surface area contributed by atoms with Crippen LogP contribution in [0.3, 0.4) is 0 Å². The summed E-state index contributed by atoms with van der Waals surface area (Å²) in [5.74, 6) is -2.41. The third kappa shape index (κ3) is 6.74. The van der Waals surface area contributed by atoms with Crippen LogP contribution in [0.5, 0.6) is 0 Å². The molecule has 156 valence electrons. The highest BCUT2D eigenvalue weighted by Crippen LogP contribution is 2.35. The Morgan fingerprint density at radius 3 is 1.76 bits per heavy atom. The summed E-state index contributed by atoms with van der Waals surface area (Å²) in [7, 11) is 0. The lowest BCUT2D eigenvalue weighted by Crippen LogP contribution is -2.15. The van der Waals surface area contributed by atoms with Gasteiger partial charge in [-0.2, -0.15) is 0 Å². The normalized spacial score (nSPS) is 11.9. The van der Waals surface area contributed by atoms with Crippen LogP contribution in [-0.2, 0) is 0 Å². The third-order valence-corrected chi connectivity index (χ3v) is 5.46. The van der Waals surface area contributed by atoms with Crippen LogP contribution < -0.4 is 0 Å². The fourth-order valence-corrected chi connectivity index (χ4v) is 3.96. The number of hydrogen-bond acceptors (Lipinski definition) is 2. The number of unbranched alkanes of at least 4 members (excludes halogenated alkanes) is 7. The molecule has 0 bridgehead atoms. The van der Waals surface area contributed by atoms with Crippen LogP contribution in [0.2, 0.25) is 0 Å². The van der Waals surface area contributed by atoms with E-state index in [-0.39, 0.29) is 17.0 Å². The van der Waals surface area contributed by atoms with Crippen molar-refractivity contribution in [3.05, 3.63) is 70.8 Å². The highest BCUT2D eigenvalue weighted by molar-refractivity contribution is 5.97. The standard InChI is InChI=1S/C25H32O4/c1-2-3-4-5-6-7-8-12-16-20(19-14-10-9-11-15-19)23-21(24(26)27)17-13-18-22(23)25(28)29/h9-11,13-15,17-18,20H,2-8,12,16H2,1H3,(H,26,27)(H,28,29). The van der Waals surface area contributed by atoms with Crippen molar-refractivity contribution in [1.29, 1.82) is 0 Å². The molecule has 0 spiro atoms. The van der Waals surface area contributed by atoms with Crippen molar-refractivity contribution < 1.29 is 19.8 Å². The van der Waals surface area contributed by atoms with Gasteiger partial charge in [-0.15, -0.1) is 0 Å². The summed E-state index contributed by atoms with van der Waals surface area (Å²) in [6, 6.07) is 14.2. The minimum Gasteiger partial charge on any atom is -0.478 e. The molecule has 4 nitrogen and oxygen atoms in total. The molecule has 2 aromatic rings. The zero-order valence-corrected chi connectivity index (χ0v) is 17.3. The molecule has 0 amide bonds. The maximum absolute atomic E-state index is 11.8. The second-order valence-electron chi connectivity index (χ2n) is 7.60. The van der Waals surface area contributed by atoms with Gasteiger partial charge >= 0.3 is 11.9 Å². The summed E-state index contributed by atoms with van der Waals surface area (Å²) in [6.45, 7) is 2.21. The monoisotopic (exact) mass is 396 g/mol. The van der Waals surface area contributed by atoms with Crippen LogP contribution in [0.15, 0.2) is 48.5 Å². The van der Waals surface area contributed by atoms with E-state index in [9.17, 15) is 19.8 Å². The van der Waals surface area contributed by atoms with Crippen LogP contribution in [0.25, 0.3) is 0 Å². The molecule has 0 saturated carbocycles. The van der Waals surface area contributed by atoms with Crippen LogP contribution in [0.4, 0.5) is 0 Å². The number of carbonyl (C=O) groups is 2. The maximum Gasteiger partial charge on any atom is 0.336 e. The Bertz CT molecular complexity index is 750. The molecule has 0 aliphatic carbocycles. The highest BCUT2D eigenvalue weighted by atomic mass is 16.4. The summed E-state index contributed by atoms with van der Waals surface area (Å²) >= 11 is 0. The molecule has 1 atom stereocenters. The number of rotatable bonds is 13. The van der Waals surface area contributed by atoms with E-state index in [1.165, 1.54) is 50.3 Å². The van der Waals surface area contributed by atoms with Gasteiger partial charge in [0.15, 0.2) is 0 Å². The van der Waals surface area contributed by atoms with Crippen molar-refractivity contribution in [3.63, 3.8) is 0 Å². The molecule has 4 heteroatoms. The number of carboxylic acid groups (broad SMARTS) is 2. The number of benzene rings is 2. The zero-order chi connectivity index (χ0) is 21.1. The minimum absolute atomic E-state index is 0.0818. The summed E-state index contributed by atoms with van der Waals surface area (Å²) in [5.41, 5.74) is 1.55. The van der Waals surface area contributed by atoms with Gasteiger partial charge in [0, 0.05) is 5.92 Å². The van der Waals surface area contributed by atoms with Gasteiger partial charge in [0.25, 0.3) is 0 Å². The number of aromatic carboxylic acids is 2. The lowest BCUT2D eigenvalue weighted by molar-refractivity contribution is 0.0694. The first-order chi connectivity index (χ1) is 14.1. The summed E-state index contributed by atoms with van der Waals surface area (Å²) in [6.07, 6.45) is 10.2. The summed E-state index contributed by atoms with van der Waals surface area (Å²) < 4.78 is 0. The Hall–Kier alpha value is -2.62. The molecule has 2 N–H and O–H groups in total. The molecule has 1 unspecified atom stereocenters. The highest BCUT2D eigenvalue weighted by Gasteiger charge is 2.26. The predicted molar refractivity (Wildman–Crippen MR) is 116 cm³/mol. The van der Waals surface area contributed by atoms with Crippen LogP contribution in [0.1, 0.15) is 102 Å². The minimum atomic E-state index is -1.08. The van der Waals surface area contributed by atoms with Crippen molar-refractivity contribution in [2.45, 2.75) is 70.6 Å². The maximum atomic E-state index is 11.8. The van der Waals surface area contributed by atoms with Gasteiger partial charge in [-0.25, -0.2) is 9.59 Å². The van der Waals surface area contributed by atoms with Gasteiger partial charge in [-0.05, 0) is 29.7 Å².